The van der Waals surface area contributed by atoms with Crippen LogP contribution in [0.5, 0.6) is 0 Å². The molecule has 1 unspecified atom stereocenters. The standard InChI is InChI=1S/C14H16BrFN2O2/c1-4-7-14(2,13(19)20-3)18-10-6-5-9(8-17)11(15)12(10)16/h5-6,18H,4,7H2,1-3H3. The van der Waals surface area contributed by atoms with Crippen LogP contribution in [0.1, 0.15) is 32.3 Å². The van der Waals surface area contributed by atoms with E-state index in [1.165, 1.54) is 19.2 Å². The first kappa shape index (κ1) is 16.4. The Morgan fingerprint density at radius 3 is 2.75 bits per heavy atom. The Balaban J connectivity index is 3.16. The average Bonchev–Trinajstić information content (AvgIpc) is 2.43. The molecule has 4 nitrogen and oxygen atoms in total. The smallest absolute Gasteiger partial charge is 0.331 e. The lowest BCUT2D eigenvalue weighted by Crippen LogP contribution is -2.44. The lowest BCUT2D eigenvalue weighted by atomic mass is 9.95. The van der Waals surface area contributed by atoms with Gasteiger partial charge in [0.05, 0.1) is 22.8 Å². The van der Waals surface area contributed by atoms with Crippen LogP contribution in [0.3, 0.4) is 0 Å². The number of carbonyl (C=O) groups is 1. The van der Waals surface area contributed by atoms with Gasteiger partial charge in [-0.15, -0.1) is 0 Å². The number of anilines is 1. The highest BCUT2D eigenvalue weighted by atomic mass is 79.9. The van der Waals surface area contributed by atoms with E-state index in [0.29, 0.717) is 6.42 Å². The van der Waals surface area contributed by atoms with Crippen LogP contribution in [-0.4, -0.2) is 18.6 Å². The van der Waals surface area contributed by atoms with Gasteiger partial charge in [-0.2, -0.15) is 5.26 Å². The Morgan fingerprint density at radius 1 is 1.60 bits per heavy atom. The van der Waals surface area contributed by atoms with Gasteiger partial charge in [-0.1, -0.05) is 13.3 Å². The van der Waals surface area contributed by atoms with Gasteiger partial charge < -0.3 is 10.1 Å². The largest absolute Gasteiger partial charge is 0.467 e. The molecule has 1 N–H and O–H groups in total. The highest BCUT2D eigenvalue weighted by Gasteiger charge is 2.34. The van der Waals surface area contributed by atoms with Crippen molar-refractivity contribution in [1.29, 1.82) is 5.26 Å². The molecule has 0 aliphatic carbocycles. The van der Waals surface area contributed by atoms with Crippen molar-refractivity contribution in [3.05, 3.63) is 28.0 Å². The molecule has 0 heterocycles. The quantitative estimate of drug-likeness (QED) is 0.830. The minimum Gasteiger partial charge on any atom is -0.467 e. The average molecular weight is 343 g/mol. The monoisotopic (exact) mass is 342 g/mol. The first-order chi connectivity index (χ1) is 9.39. The Morgan fingerprint density at radius 2 is 2.25 bits per heavy atom. The summed E-state index contributed by atoms with van der Waals surface area (Å²) >= 11 is 3.04. The van der Waals surface area contributed by atoms with E-state index in [0.717, 1.165) is 6.42 Å². The lowest BCUT2D eigenvalue weighted by molar-refractivity contribution is -0.145. The molecule has 0 aliphatic heterocycles. The molecule has 0 spiro atoms. The topological polar surface area (TPSA) is 62.1 Å². The zero-order chi connectivity index (χ0) is 15.3. The molecule has 0 aliphatic rings. The van der Waals surface area contributed by atoms with Crippen molar-refractivity contribution in [3.63, 3.8) is 0 Å². The number of ether oxygens (including phenoxy) is 1. The summed E-state index contributed by atoms with van der Waals surface area (Å²) in [5.41, 5.74) is -0.668. The summed E-state index contributed by atoms with van der Waals surface area (Å²) in [6.45, 7) is 3.59. The highest BCUT2D eigenvalue weighted by Crippen LogP contribution is 2.30. The molecular formula is C14H16BrFN2O2. The normalized spacial score (nSPS) is 13.2. The van der Waals surface area contributed by atoms with Crippen molar-refractivity contribution in [1.82, 2.24) is 0 Å². The van der Waals surface area contributed by atoms with E-state index in [-0.39, 0.29) is 15.7 Å². The molecule has 1 aromatic carbocycles. The van der Waals surface area contributed by atoms with Gasteiger partial charge in [-0.05, 0) is 41.4 Å². The number of nitrogens with zero attached hydrogens (tertiary/aromatic N) is 1. The summed E-state index contributed by atoms with van der Waals surface area (Å²) in [5, 5.41) is 11.7. The van der Waals surface area contributed by atoms with Gasteiger partial charge in [0.2, 0.25) is 0 Å². The number of nitrogens with one attached hydrogen (secondary N) is 1. The summed E-state index contributed by atoms with van der Waals surface area (Å²) in [6.07, 6.45) is 1.23. The van der Waals surface area contributed by atoms with Crippen molar-refractivity contribution in [2.45, 2.75) is 32.2 Å². The second-order valence-corrected chi connectivity index (χ2v) is 5.39. The Bertz CT molecular complexity index is 557. The van der Waals surface area contributed by atoms with Crippen LogP contribution < -0.4 is 5.32 Å². The third-order valence-electron chi connectivity index (χ3n) is 3.00. The van der Waals surface area contributed by atoms with Gasteiger partial charge in [-0.25, -0.2) is 9.18 Å². The van der Waals surface area contributed by atoms with Crippen LogP contribution in [0.15, 0.2) is 16.6 Å². The van der Waals surface area contributed by atoms with E-state index in [1.807, 2.05) is 13.0 Å². The third-order valence-corrected chi connectivity index (χ3v) is 3.77. The Hall–Kier alpha value is -1.61. The van der Waals surface area contributed by atoms with Crippen molar-refractivity contribution < 1.29 is 13.9 Å². The van der Waals surface area contributed by atoms with Crippen molar-refractivity contribution in [2.24, 2.45) is 0 Å². The number of hydrogen-bond donors (Lipinski definition) is 1. The molecular weight excluding hydrogens is 327 g/mol. The molecule has 108 valence electrons. The molecule has 0 radical (unpaired) electrons. The van der Waals surface area contributed by atoms with Gasteiger partial charge in [0.15, 0.2) is 5.82 Å². The van der Waals surface area contributed by atoms with Gasteiger partial charge in [-0.3, -0.25) is 0 Å². The van der Waals surface area contributed by atoms with E-state index in [4.69, 9.17) is 10.00 Å². The molecule has 1 aromatic rings. The maximum Gasteiger partial charge on any atom is 0.331 e. The predicted molar refractivity (Wildman–Crippen MR) is 77.8 cm³/mol. The summed E-state index contributed by atoms with van der Waals surface area (Å²) < 4.78 is 19.0. The minimum atomic E-state index is -1.02. The molecule has 1 atom stereocenters. The van der Waals surface area contributed by atoms with Crippen LogP contribution in [0.2, 0.25) is 0 Å². The van der Waals surface area contributed by atoms with E-state index in [2.05, 4.69) is 21.2 Å². The highest BCUT2D eigenvalue weighted by molar-refractivity contribution is 9.10. The van der Waals surface area contributed by atoms with E-state index >= 15 is 0 Å². The Labute approximate surface area is 126 Å². The first-order valence-corrected chi connectivity index (χ1v) is 6.93. The molecule has 0 saturated carbocycles. The fourth-order valence-corrected chi connectivity index (χ4v) is 2.40. The number of methoxy groups -OCH3 is 1. The van der Waals surface area contributed by atoms with E-state index in [1.54, 1.807) is 6.92 Å². The van der Waals surface area contributed by atoms with Crippen LogP contribution in [0.25, 0.3) is 0 Å². The second kappa shape index (κ2) is 6.71. The summed E-state index contributed by atoms with van der Waals surface area (Å²) in [7, 11) is 1.29. The number of esters is 1. The van der Waals surface area contributed by atoms with Gasteiger partial charge in [0.25, 0.3) is 0 Å². The van der Waals surface area contributed by atoms with E-state index < -0.39 is 17.3 Å². The summed E-state index contributed by atoms with van der Waals surface area (Å²) in [6, 6.07) is 4.80. The zero-order valence-electron chi connectivity index (χ0n) is 11.6. The van der Waals surface area contributed by atoms with E-state index in [9.17, 15) is 9.18 Å². The molecule has 0 fully saturated rings. The SMILES string of the molecule is CCCC(C)(Nc1ccc(C#N)c(Br)c1F)C(=O)OC. The van der Waals surface area contributed by atoms with Gasteiger partial charge in [0, 0.05) is 0 Å². The molecule has 1 rings (SSSR count). The van der Waals surface area contributed by atoms with Crippen molar-refractivity contribution in [2.75, 3.05) is 12.4 Å². The molecule has 0 saturated heterocycles. The van der Waals surface area contributed by atoms with Gasteiger partial charge >= 0.3 is 5.97 Å². The first-order valence-electron chi connectivity index (χ1n) is 6.14. The second-order valence-electron chi connectivity index (χ2n) is 4.60. The number of halogens is 2. The fraction of sp³-hybridized carbons (Fsp3) is 0.429. The van der Waals surface area contributed by atoms with Crippen LogP contribution in [0.4, 0.5) is 10.1 Å². The third kappa shape index (κ3) is 3.28. The fourth-order valence-electron chi connectivity index (χ4n) is 1.97. The molecule has 0 aromatic heterocycles. The summed E-state index contributed by atoms with van der Waals surface area (Å²) in [4.78, 5) is 11.9. The van der Waals surface area contributed by atoms with Gasteiger partial charge in [0.1, 0.15) is 11.6 Å². The van der Waals surface area contributed by atoms with Crippen LogP contribution in [0, 0.1) is 17.1 Å². The zero-order valence-corrected chi connectivity index (χ0v) is 13.2. The molecule has 20 heavy (non-hydrogen) atoms. The molecule has 0 bridgehead atoms. The van der Waals surface area contributed by atoms with Crippen molar-refractivity contribution in [3.8, 4) is 6.07 Å². The number of rotatable bonds is 5. The number of benzene rings is 1. The minimum absolute atomic E-state index is 0.0775. The Kier molecular flexibility index (Phi) is 5.52. The number of carbonyl (C=O) groups excluding carboxylic acids is 1. The number of hydrogen-bond acceptors (Lipinski definition) is 4. The maximum absolute atomic E-state index is 14.2. The number of nitriles is 1. The predicted octanol–water partition coefficient (Wildman–Crippen LogP) is 3.60. The summed E-state index contributed by atoms with van der Waals surface area (Å²) in [5.74, 6) is -1.06. The lowest BCUT2D eigenvalue weighted by Gasteiger charge is -2.29. The van der Waals surface area contributed by atoms with Crippen LogP contribution in [-0.2, 0) is 9.53 Å². The van der Waals surface area contributed by atoms with Crippen molar-refractivity contribution >= 4 is 27.6 Å². The molecule has 0 amide bonds. The molecule has 6 heteroatoms. The van der Waals surface area contributed by atoms with Crippen LogP contribution >= 0.6 is 15.9 Å². The maximum atomic E-state index is 14.2.